The molecule has 0 radical (unpaired) electrons. The second kappa shape index (κ2) is 6.37. The van der Waals surface area contributed by atoms with Crippen molar-refractivity contribution in [3.8, 4) is 0 Å². The molecule has 0 spiro atoms. The molecule has 2 N–H and O–H groups in total. The quantitative estimate of drug-likeness (QED) is 0.757. The number of esters is 1. The molecule has 1 saturated heterocycles. The smallest absolute Gasteiger partial charge is 0.342 e. The van der Waals surface area contributed by atoms with Crippen molar-refractivity contribution < 1.29 is 17.9 Å². The third-order valence-electron chi connectivity index (χ3n) is 3.31. The molecule has 0 bridgehead atoms. The van der Waals surface area contributed by atoms with Gasteiger partial charge in [-0.2, -0.15) is 16.9 Å². The van der Waals surface area contributed by atoms with Gasteiger partial charge in [-0.05, 0) is 32.4 Å². The number of hydrogen-bond donors (Lipinski definition) is 2. The normalized spacial score (nSPS) is 22.4. The molecule has 21 heavy (non-hydrogen) atoms. The van der Waals surface area contributed by atoms with Gasteiger partial charge in [-0.3, -0.25) is 5.10 Å². The molecule has 0 aromatic carbocycles. The molecule has 2 heterocycles. The van der Waals surface area contributed by atoms with Gasteiger partial charge in [0.25, 0.3) is 10.0 Å². The second-order valence-electron chi connectivity index (χ2n) is 5.06. The Morgan fingerprint density at radius 3 is 3.00 bits per heavy atom. The van der Waals surface area contributed by atoms with E-state index in [1.54, 1.807) is 18.7 Å². The van der Waals surface area contributed by atoms with Crippen LogP contribution in [0.15, 0.2) is 11.2 Å². The van der Waals surface area contributed by atoms with Crippen LogP contribution >= 0.6 is 11.8 Å². The maximum absolute atomic E-state index is 12.3. The first-order chi connectivity index (χ1) is 9.88. The van der Waals surface area contributed by atoms with E-state index in [2.05, 4.69) is 14.9 Å². The van der Waals surface area contributed by atoms with Crippen LogP contribution in [0.25, 0.3) is 0 Å². The minimum atomic E-state index is -3.82. The van der Waals surface area contributed by atoms with Crippen molar-refractivity contribution in [2.24, 2.45) is 0 Å². The molecule has 118 valence electrons. The van der Waals surface area contributed by atoms with Crippen LogP contribution in [0, 0.1) is 0 Å². The first-order valence-electron chi connectivity index (χ1n) is 6.72. The fraction of sp³-hybridized carbons (Fsp3) is 0.667. The van der Waals surface area contributed by atoms with Crippen LogP contribution in [0.1, 0.15) is 37.0 Å². The molecule has 9 heteroatoms. The third kappa shape index (κ3) is 3.78. The van der Waals surface area contributed by atoms with E-state index in [1.807, 2.05) is 6.92 Å². The van der Waals surface area contributed by atoms with Crippen molar-refractivity contribution in [1.29, 1.82) is 0 Å². The van der Waals surface area contributed by atoms with Crippen LogP contribution in [0.2, 0.25) is 0 Å². The van der Waals surface area contributed by atoms with Crippen molar-refractivity contribution in [2.45, 2.75) is 36.5 Å². The summed E-state index contributed by atoms with van der Waals surface area (Å²) in [6.07, 6.45) is 3.22. The van der Waals surface area contributed by atoms with Crippen LogP contribution in [0.3, 0.4) is 0 Å². The summed E-state index contributed by atoms with van der Waals surface area (Å²) in [5.41, 5.74) is -0.0754. The summed E-state index contributed by atoms with van der Waals surface area (Å²) < 4.78 is 31.9. The highest BCUT2D eigenvalue weighted by molar-refractivity contribution is 8.01. The molecule has 7 nitrogen and oxygen atoms in total. The molecule has 1 aromatic rings. The predicted octanol–water partition coefficient (Wildman–Crippen LogP) is 1.15. The molecule has 1 aliphatic heterocycles. The van der Waals surface area contributed by atoms with Crippen molar-refractivity contribution in [1.82, 2.24) is 14.9 Å². The Morgan fingerprint density at radius 2 is 2.38 bits per heavy atom. The summed E-state index contributed by atoms with van der Waals surface area (Å²) in [6.45, 7) is 4.18. The van der Waals surface area contributed by atoms with Gasteiger partial charge in [0.2, 0.25) is 0 Å². The predicted molar refractivity (Wildman–Crippen MR) is 79.8 cm³/mol. The topological polar surface area (TPSA) is 101 Å². The van der Waals surface area contributed by atoms with Gasteiger partial charge < -0.3 is 4.74 Å². The number of carbonyl (C=O) groups is 1. The highest BCUT2D eigenvalue weighted by atomic mass is 32.2. The fourth-order valence-electron chi connectivity index (χ4n) is 2.13. The van der Waals surface area contributed by atoms with Gasteiger partial charge in [0.15, 0.2) is 5.03 Å². The van der Waals surface area contributed by atoms with E-state index in [-0.39, 0.29) is 21.9 Å². The minimum Gasteiger partial charge on any atom is -0.462 e. The van der Waals surface area contributed by atoms with E-state index in [0.29, 0.717) is 6.54 Å². The summed E-state index contributed by atoms with van der Waals surface area (Å²) in [4.78, 5) is 11.7. The van der Waals surface area contributed by atoms with E-state index in [9.17, 15) is 13.2 Å². The van der Waals surface area contributed by atoms with Gasteiger partial charge in [0, 0.05) is 11.3 Å². The number of thioether (sulfide) groups is 1. The molecular weight excluding hydrogens is 314 g/mol. The molecule has 0 saturated carbocycles. The Hall–Kier alpha value is -1.06. The van der Waals surface area contributed by atoms with E-state index >= 15 is 0 Å². The summed E-state index contributed by atoms with van der Waals surface area (Å²) in [6, 6.07) is 0. The number of nitrogens with zero attached hydrogens (tertiary/aromatic N) is 1. The molecule has 1 aromatic heterocycles. The number of aromatic amines is 1. The zero-order chi connectivity index (χ0) is 15.5. The lowest BCUT2D eigenvalue weighted by Crippen LogP contribution is -2.37. The summed E-state index contributed by atoms with van der Waals surface area (Å²) in [7, 11) is -3.82. The van der Waals surface area contributed by atoms with Gasteiger partial charge in [-0.15, -0.1) is 0 Å². The standard InChI is InChI=1S/C12H19N3O4S2/c1-3-19-11(16)9-7-13-15-10(9)21(17,18)14-8-12(2)5-4-6-20-12/h7,14H,3-6,8H2,1-2H3,(H,13,15). The Morgan fingerprint density at radius 1 is 1.62 bits per heavy atom. The number of aromatic nitrogens is 2. The molecule has 2 rings (SSSR count). The first kappa shape index (κ1) is 16.3. The van der Waals surface area contributed by atoms with Crippen molar-refractivity contribution in [3.63, 3.8) is 0 Å². The van der Waals surface area contributed by atoms with Crippen molar-refractivity contribution in [2.75, 3.05) is 18.9 Å². The van der Waals surface area contributed by atoms with Crippen LogP contribution in [0.4, 0.5) is 0 Å². The first-order valence-corrected chi connectivity index (χ1v) is 9.19. The largest absolute Gasteiger partial charge is 0.462 e. The van der Waals surface area contributed by atoms with Gasteiger partial charge in [-0.1, -0.05) is 0 Å². The zero-order valence-electron chi connectivity index (χ0n) is 12.0. The maximum Gasteiger partial charge on any atom is 0.342 e. The number of nitrogens with one attached hydrogen (secondary N) is 2. The fourth-order valence-corrected chi connectivity index (χ4v) is 4.72. The van der Waals surface area contributed by atoms with Crippen LogP contribution in [-0.4, -0.2) is 48.2 Å². The SMILES string of the molecule is CCOC(=O)c1cn[nH]c1S(=O)(=O)NCC1(C)CCCS1. The molecule has 0 aliphatic carbocycles. The number of carbonyl (C=O) groups excluding carboxylic acids is 1. The highest BCUT2D eigenvalue weighted by Gasteiger charge is 2.33. The number of ether oxygens (including phenoxy) is 1. The molecule has 1 aliphatic rings. The molecule has 1 atom stereocenters. The van der Waals surface area contributed by atoms with E-state index in [0.717, 1.165) is 18.6 Å². The van der Waals surface area contributed by atoms with Crippen LogP contribution in [0.5, 0.6) is 0 Å². The Bertz CT molecular complexity index is 606. The Labute approximate surface area is 128 Å². The Balaban J connectivity index is 2.13. The maximum atomic E-state index is 12.3. The number of hydrogen-bond acceptors (Lipinski definition) is 6. The van der Waals surface area contributed by atoms with Gasteiger partial charge >= 0.3 is 5.97 Å². The van der Waals surface area contributed by atoms with E-state index in [1.165, 1.54) is 6.20 Å². The number of rotatable bonds is 6. The van der Waals surface area contributed by atoms with E-state index in [4.69, 9.17) is 4.74 Å². The van der Waals surface area contributed by atoms with Crippen molar-refractivity contribution in [3.05, 3.63) is 11.8 Å². The minimum absolute atomic E-state index is 0.0754. The average molecular weight is 333 g/mol. The zero-order valence-corrected chi connectivity index (χ0v) is 13.6. The summed E-state index contributed by atoms with van der Waals surface area (Å²) >= 11 is 1.76. The lowest BCUT2D eigenvalue weighted by atomic mass is 10.1. The second-order valence-corrected chi connectivity index (χ2v) is 8.45. The van der Waals surface area contributed by atoms with Crippen LogP contribution < -0.4 is 4.72 Å². The molecule has 1 unspecified atom stereocenters. The number of sulfonamides is 1. The lowest BCUT2D eigenvalue weighted by Gasteiger charge is -2.22. The summed E-state index contributed by atoms with van der Waals surface area (Å²) in [5, 5.41) is 5.76. The van der Waals surface area contributed by atoms with Gasteiger partial charge in [0.1, 0.15) is 5.56 Å². The monoisotopic (exact) mass is 333 g/mol. The third-order valence-corrected chi connectivity index (χ3v) is 6.22. The highest BCUT2D eigenvalue weighted by Crippen LogP contribution is 2.37. The van der Waals surface area contributed by atoms with Crippen LogP contribution in [-0.2, 0) is 14.8 Å². The van der Waals surface area contributed by atoms with Gasteiger partial charge in [0.05, 0.1) is 12.8 Å². The molecular formula is C12H19N3O4S2. The van der Waals surface area contributed by atoms with E-state index < -0.39 is 16.0 Å². The summed E-state index contributed by atoms with van der Waals surface area (Å²) in [5.74, 6) is 0.337. The van der Waals surface area contributed by atoms with Gasteiger partial charge in [-0.25, -0.2) is 17.9 Å². The average Bonchev–Trinajstić information content (AvgIpc) is 3.06. The molecule has 1 fully saturated rings. The number of H-pyrrole nitrogens is 1. The van der Waals surface area contributed by atoms with Crippen molar-refractivity contribution >= 4 is 27.8 Å². The lowest BCUT2D eigenvalue weighted by molar-refractivity contribution is 0.0522. The molecule has 0 amide bonds. The Kier molecular flexibility index (Phi) is 4.95.